The number of benzene rings is 2. The van der Waals surface area contributed by atoms with E-state index in [1.165, 1.54) is 22.4 Å². The van der Waals surface area contributed by atoms with Gasteiger partial charge in [-0.1, -0.05) is 42.0 Å². The minimum atomic E-state index is -0.133. The Morgan fingerprint density at radius 1 is 0.929 bits per heavy atom. The zero-order chi connectivity index (χ0) is 19.4. The highest BCUT2D eigenvalue weighted by atomic mass is 16.2. The molecule has 3 heterocycles. The van der Waals surface area contributed by atoms with Gasteiger partial charge < -0.3 is 4.90 Å². The van der Waals surface area contributed by atoms with E-state index in [0.717, 1.165) is 12.8 Å². The van der Waals surface area contributed by atoms with Crippen molar-refractivity contribution in [1.29, 1.82) is 0 Å². The number of hydrogen-bond donors (Lipinski definition) is 0. The summed E-state index contributed by atoms with van der Waals surface area (Å²) < 4.78 is 0. The smallest absolute Gasteiger partial charge is 0.261 e. The zero-order valence-electron chi connectivity index (χ0n) is 16.5. The van der Waals surface area contributed by atoms with Crippen LogP contribution in [0.15, 0.2) is 48.5 Å². The van der Waals surface area contributed by atoms with Crippen molar-refractivity contribution in [3.8, 4) is 0 Å². The first kappa shape index (κ1) is 17.6. The Hall–Kier alpha value is -2.46. The molecule has 2 fully saturated rings. The Labute approximate surface area is 166 Å². The summed E-state index contributed by atoms with van der Waals surface area (Å²) in [6.07, 6.45) is 3.46. The maximum absolute atomic E-state index is 12.9. The number of piperidine rings is 1. The topological polar surface area (TPSA) is 40.6 Å². The number of amides is 2. The SMILES string of the molecule is Cc1ccc(C2C[C@@H]3CC[C@H]([C@H]2CN2C(=O)c4ccccc4C2=O)N3C)cc1. The van der Waals surface area contributed by atoms with E-state index in [0.29, 0.717) is 35.7 Å². The lowest BCUT2D eigenvalue weighted by Gasteiger charge is -2.44. The fourth-order valence-corrected chi connectivity index (χ4v) is 5.64. The molecule has 0 spiro atoms. The van der Waals surface area contributed by atoms with Crippen molar-refractivity contribution in [1.82, 2.24) is 9.80 Å². The van der Waals surface area contributed by atoms with Gasteiger partial charge in [0.15, 0.2) is 0 Å². The molecule has 0 N–H and O–H groups in total. The lowest BCUT2D eigenvalue weighted by molar-refractivity contribution is 0.0485. The number of rotatable bonds is 3. The Kier molecular flexibility index (Phi) is 4.13. The van der Waals surface area contributed by atoms with Gasteiger partial charge >= 0.3 is 0 Å². The molecule has 4 atom stereocenters. The summed E-state index contributed by atoms with van der Waals surface area (Å²) in [5, 5.41) is 0. The highest BCUT2D eigenvalue weighted by Gasteiger charge is 2.48. The lowest BCUT2D eigenvalue weighted by atomic mass is 9.75. The molecule has 4 nitrogen and oxygen atoms in total. The van der Waals surface area contributed by atoms with Crippen molar-refractivity contribution in [2.75, 3.05) is 13.6 Å². The summed E-state index contributed by atoms with van der Waals surface area (Å²) in [7, 11) is 2.21. The molecular weight excluding hydrogens is 348 g/mol. The summed E-state index contributed by atoms with van der Waals surface area (Å²) in [5.74, 6) is 0.393. The van der Waals surface area contributed by atoms with E-state index in [1.807, 2.05) is 12.1 Å². The Balaban J connectivity index is 1.48. The number of hydrogen-bond acceptors (Lipinski definition) is 3. The van der Waals surface area contributed by atoms with Crippen LogP contribution in [0, 0.1) is 12.8 Å². The summed E-state index contributed by atoms with van der Waals surface area (Å²) in [6, 6.07) is 17.1. The van der Waals surface area contributed by atoms with Gasteiger partial charge in [0.1, 0.15) is 0 Å². The molecule has 0 radical (unpaired) electrons. The third-order valence-electron chi connectivity index (χ3n) is 7.21. The van der Waals surface area contributed by atoms with Gasteiger partial charge in [-0.2, -0.15) is 0 Å². The van der Waals surface area contributed by atoms with Gasteiger partial charge in [0, 0.05) is 18.6 Å². The van der Waals surface area contributed by atoms with Gasteiger partial charge in [-0.3, -0.25) is 14.5 Å². The van der Waals surface area contributed by atoms with Crippen LogP contribution in [0.3, 0.4) is 0 Å². The monoisotopic (exact) mass is 374 g/mol. The first-order valence-electron chi connectivity index (χ1n) is 10.3. The summed E-state index contributed by atoms with van der Waals surface area (Å²) in [5.41, 5.74) is 3.70. The van der Waals surface area contributed by atoms with Crippen LogP contribution in [0.5, 0.6) is 0 Å². The summed E-state index contributed by atoms with van der Waals surface area (Å²) in [4.78, 5) is 29.9. The Morgan fingerprint density at radius 3 is 2.21 bits per heavy atom. The fraction of sp³-hybridized carbons (Fsp3) is 0.417. The van der Waals surface area contributed by atoms with E-state index in [1.54, 1.807) is 12.1 Å². The van der Waals surface area contributed by atoms with Gasteiger partial charge in [-0.25, -0.2) is 0 Å². The molecule has 1 unspecified atom stereocenters. The lowest BCUT2D eigenvalue weighted by Crippen LogP contribution is -2.50. The largest absolute Gasteiger partial charge is 0.300 e. The molecule has 3 aliphatic rings. The van der Waals surface area contributed by atoms with Crippen LogP contribution in [0.4, 0.5) is 0 Å². The van der Waals surface area contributed by atoms with Crippen molar-refractivity contribution in [2.45, 2.75) is 44.2 Å². The number of carbonyl (C=O) groups is 2. The molecule has 28 heavy (non-hydrogen) atoms. The van der Waals surface area contributed by atoms with E-state index in [9.17, 15) is 9.59 Å². The molecule has 5 rings (SSSR count). The van der Waals surface area contributed by atoms with Crippen LogP contribution in [0.2, 0.25) is 0 Å². The molecule has 2 amide bonds. The second-order valence-electron chi connectivity index (χ2n) is 8.65. The van der Waals surface area contributed by atoms with Gasteiger partial charge in [-0.15, -0.1) is 0 Å². The Bertz CT molecular complexity index is 901. The molecule has 2 saturated heterocycles. The standard InChI is InChI=1S/C24H26N2O2/c1-15-7-9-16(10-8-15)20-13-17-11-12-22(25(17)2)21(20)14-26-23(27)18-5-3-4-6-19(18)24(26)28/h3-10,17,20-22H,11-14H2,1-2H3/t17-,20?,21-,22+/m0/s1. The van der Waals surface area contributed by atoms with Crippen molar-refractivity contribution in [3.63, 3.8) is 0 Å². The van der Waals surface area contributed by atoms with Gasteiger partial charge in [0.2, 0.25) is 0 Å². The van der Waals surface area contributed by atoms with Crippen molar-refractivity contribution < 1.29 is 9.59 Å². The van der Waals surface area contributed by atoms with Crippen LogP contribution in [-0.2, 0) is 0 Å². The van der Waals surface area contributed by atoms with E-state index >= 15 is 0 Å². The van der Waals surface area contributed by atoms with Crippen LogP contribution in [0.1, 0.15) is 57.0 Å². The fourth-order valence-electron chi connectivity index (χ4n) is 5.64. The third kappa shape index (κ3) is 2.62. The minimum Gasteiger partial charge on any atom is -0.300 e. The van der Waals surface area contributed by atoms with E-state index in [4.69, 9.17) is 0 Å². The molecular formula is C24H26N2O2. The molecule has 2 bridgehead atoms. The van der Waals surface area contributed by atoms with Gasteiger partial charge in [0.25, 0.3) is 11.8 Å². The second kappa shape index (κ2) is 6.56. The first-order chi connectivity index (χ1) is 13.5. The van der Waals surface area contributed by atoms with Crippen LogP contribution in [0.25, 0.3) is 0 Å². The van der Waals surface area contributed by atoms with Crippen LogP contribution >= 0.6 is 0 Å². The van der Waals surface area contributed by atoms with Crippen LogP contribution in [-0.4, -0.2) is 47.3 Å². The van der Waals surface area contributed by atoms with Gasteiger partial charge in [0.05, 0.1) is 11.1 Å². The molecule has 3 aliphatic heterocycles. The Morgan fingerprint density at radius 2 is 1.57 bits per heavy atom. The quantitative estimate of drug-likeness (QED) is 0.766. The maximum Gasteiger partial charge on any atom is 0.261 e. The number of aryl methyl sites for hydroxylation is 1. The van der Waals surface area contributed by atoms with Crippen molar-refractivity contribution in [2.24, 2.45) is 5.92 Å². The van der Waals surface area contributed by atoms with E-state index in [2.05, 4.69) is 43.1 Å². The van der Waals surface area contributed by atoms with Crippen molar-refractivity contribution in [3.05, 3.63) is 70.8 Å². The maximum atomic E-state index is 12.9. The number of carbonyl (C=O) groups excluding carboxylic acids is 2. The van der Waals surface area contributed by atoms with Gasteiger partial charge in [-0.05, 0) is 62.8 Å². The molecule has 0 aliphatic carbocycles. The number of imide groups is 1. The first-order valence-corrected chi connectivity index (χ1v) is 10.3. The van der Waals surface area contributed by atoms with E-state index in [-0.39, 0.29) is 17.7 Å². The molecule has 2 aromatic carbocycles. The molecule has 144 valence electrons. The minimum absolute atomic E-state index is 0.133. The molecule has 4 heteroatoms. The molecule has 2 aromatic rings. The summed E-state index contributed by atoms with van der Waals surface area (Å²) >= 11 is 0. The average molecular weight is 374 g/mol. The highest BCUT2D eigenvalue weighted by Crippen LogP contribution is 2.47. The van der Waals surface area contributed by atoms with Crippen LogP contribution < -0.4 is 0 Å². The highest BCUT2D eigenvalue weighted by molar-refractivity contribution is 6.21. The predicted molar refractivity (Wildman–Crippen MR) is 108 cm³/mol. The normalized spacial score (nSPS) is 29.4. The number of fused-ring (bicyclic) bond motifs is 3. The van der Waals surface area contributed by atoms with Crippen molar-refractivity contribution >= 4 is 11.8 Å². The predicted octanol–water partition coefficient (Wildman–Crippen LogP) is 3.86. The third-order valence-corrected chi connectivity index (χ3v) is 7.21. The zero-order valence-corrected chi connectivity index (χ0v) is 16.5. The average Bonchev–Trinajstić information content (AvgIpc) is 3.09. The number of nitrogens with zero attached hydrogens (tertiary/aromatic N) is 2. The summed E-state index contributed by atoms with van der Waals surface area (Å²) in [6.45, 7) is 2.62. The molecule has 0 saturated carbocycles. The molecule has 0 aromatic heterocycles. The second-order valence-corrected chi connectivity index (χ2v) is 8.65. The van der Waals surface area contributed by atoms with E-state index < -0.39 is 0 Å².